The van der Waals surface area contributed by atoms with Gasteiger partial charge in [-0.3, -0.25) is 15.1 Å². The molecule has 0 saturated heterocycles. The van der Waals surface area contributed by atoms with Crippen molar-refractivity contribution in [3.8, 4) is 16.9 Å². The molecule has 1 aliphatic carbocycles. The zero-order chi connectivity index (χ0) is 23.8. The van der Waals surface area contributed by atoms with Gasteiger partial charge in [0, 0.05) is 35.9 Å². The summed E-state index contributed by atoms with van der Waals surface area (Å²) in [6.45, 7) is -0.930. The maximum atomic E-state index is 12.9. The molecule has 1 aromatic carbocycles. The Morgan fingerprint density at radius 3 is 2.62 bits per heavy atom. The minimum absolute atomic E-state index is 0.0421. The molecule has 1 spiro atoms. The third-order valence-corrected chi connectivity index (χ3v) is 6.39. The molecule has 2 aliphatic rings. The number of esters is 1. The van der Waals surface area contributed by atoms with Crippen molar-refractivity contribution in [1.82, 2.24) is 15.0 Å². The van der Waals surface area contributed by atoms with E-state index in [0.717, 1.165) is 5.56 Å². The Morgan fingerprint density at radius 1 is 1.12 bits per heavy atom. The fraction of sp³-hybridized carbons (Fsp3) is 0.292. The number of aliphatic hydroxyl groups is 1. The van der Waals surface area contributed by atoms with Crippen LogP contribution in [0.25, 0.3) is 11.1 Å². The first-order valence-electron chi connectivity index (χ1n) is 10.8. The first-order valence-corrected chi connectivity index (χ1v) is 10.8. The van der Waals surface area contributed by atoms with Crippen LogP contribution < -0.4 is 10.1 Å². The molecule has 34 heavy (non-hydrogen) atoms. The number of hydrogen-bond donors (Lipinski definition) is 2. The van der Waals surface area contributed by atoms with Crippen molar-refractivity contribution < 1.29 is 28.6 Å². The lowest BCUT2D eigenvalue weighted by atomic mass is 9.73. The van der Waals surface area contributed by atoms with Gasteiger partial charge in [-0.1, -0.05) is 12.1 Å². The molecule has 10 heteroatoms. The number of rotatable bonds is 5. The van der Waals surface area contributed by atoms with Crippen molar-refractivity contribution in [2.24, 2.45) is 0 Å². The van der Waals surface area contributed by atoms with Crippen molar-refractivity contribution in [3.63, 3.8) is 0 Å². The Labute approximate surface area is 194 Å². The molecule has 1 saturated carbocycles. The number of hydrogen-bond acceptors (Lipinski definition) is 8. The number of aromatic nitrogens is 3. The van der Waals surface area contributed by atoms with E-state index in [1.165, 1.54) is 18.6 Å². The molecule has 1 amide bonds. The van der Waals surface area contributed by atoms with Crippen LogP contribution in [0, 0.1) is 0 Å². The second-order valence-electron chi connectivity index (χ2n) is 8.37. The summed E-state index contributed by atoms with van der Waals surface area (Å²) in [6.07, 6.45) is 6.94. The topological polar surface area (TPSA) is 124 Å². The maximum absolute atomic E-state index is 12.9. The highest BCUT2D eigenvalue weighted by Gasteiger charge is 2.53. The van der Waals surface area contributed by atoms with E-state index >= 15 is 0 Å². The van der Waals surface area contributed by atoms with Crippen molar-refractivity contribution in [3.05, 3.63) is 66.2 Å². The fourth-order valence-electron chi connectivity index (χ4n) is 4.48. The van der Waals surface area contributed by atoms with Gasteiger partial charge in [-0.15, -0.1) is 0 Å². The summed E-state index contributed by atoms with van der Waals surface area (Å²) < 4.78 is 22.9. The predicted octanol–water partition coefficient (Wildman–Crippen LogP) is 3.15. The number of anilines is 1. The Morgan fingerprint density at radius 2 is 1.88 bits per heavy atom. The van der Waals surface area contributed by atoms with Crippen LogP contribution >= 0.6 is 0 Å². The Bertz CT molecular complexity index is 1240. The van der Waals surface area contributed by atoms with Gasteiger partial charge in [0.05, 0.1) is 5.56 Å². The van der Waals surface area contributed by atoms with Crippen molar-refractivity contribution in [2.45, 2.75) is 36.9 Å². The van der Waals surface area contributed by atoms with Gasteiger partial charge in [0.2, 0.25) is 12.8 Å². The van der Waals surface area contributed by atoms with Crippen LogP contribution in [0.5, 0.6) is 5.75 Å². The van der Waals surface area contributed by atoms with Gasteiger partial charge in [0.25, 0.3) is 5.91 Å². The molecule has 2 aromatic heterocycles. The summed E-state index contributed by atoms with van der Waals surface area (Å²) in [5, 5.41) is 13.6. The zero-order valence-corrected chi connectivity index (χ0v) is 18.0. The van der Waals surface area contributed by atoms with Gasteiger partial charge in [-0.05, 0) is 49.4 Å². The molecular weight excluding hydrogens is 443 g/mol. The minimum atomic E-state index is -1.65. The van der Waals surface area contributed by atoms with Crippen LogP contribution in [-0.2, 0) is 15.1 Å². The largest absolute Gasteiger partial charge is 0.463 e. The standard InChI is InChI=1S/C24H21FN4O5/c25-14-33-17-3-1-2-15(10-17)16-11-27-22(28-12-16)29-21(31)23(32)5-7-24(8-6-23)19-13-26-9-4-18(19)20(30)34-24/h1-4,9-13,32H,5-8,14H2,(H,27,28,29,31). The summed E-state index contributed by atoms with van der Waals surface area (Å²) in [5.74, 6) is -0.617. The summed E-state index contributed by atoms with van der Waals surface area (Å²) in [6, 6.07) is 8.42. The maximum Gasteiger partial charge on any atom is 0.339 e. The number of carbonyl (C=O) groups is 2. The number of benzene rings is 1. The molecular formula is C24H21FN4O5. The van der Waals surface area contributed by atoms with Crippen LogP contribution in [0.15, 0.2) is 55.1 Å². The van der Waals surface area contributed by atoms with Gasteiger partial charge in [-0.25, -0.2) is 19.2 Å². The normalized spacial score (nSPS) is 23.3. The van der Waals surface area contributed by atoms with E-state index in [9.17, 15) is 19.1 Å². The minimum Gasteiger partial charge on any atom is -0.463 e. The second-order valence-corrected chi connectivity index (χ2v) is 8.37. The molecule has 3 heterocycles. The van der Waals surface area contributed by atoms with Crippen LogP contribution in [0.3, 0.4) is 0 Å². The van der Waals surface area contributed by atoms with E-state index in [-0.39, 0.29) is 18.8 Å². The van der Waals surface area contributed by atoms with Gasteiger partial charge < -0.3 is 14.6 Å². The average molecular weight is 464 g/mol. The molecule has 0 unspecified atom stereocenters. The van der Waals surface area contributed by atoms with Crippen LogP contribution in [0.4, 0.5) is 10.3 Å². The lowest BCUT2D eigenvalue weighted by Crippen LogP contribution is -2.49. The summed E-state index contributed by atoms with van der Waals surface area (Å²) in [5.41, 5.74) is 0.0217. The monoisotopic (exact) mass is 464 g/mol. The number of amides is 1. The van der Waals surface area contributed by atoms with E-state index < -0.39 is 29.9 Å². The first-order chi connectivity index (χ1) is 16.4. The van der Waals surface area contributed by atoms with Crippen LogP contribution in [-0.4, -0.2) is 44.4 Å². The molecule has 174 valence electrons. The van der Waals surface area contributed by atoms with E-state index in [1.54, 1.807) is 36.5 Å². The molecule has 1 fully saturated rings. The van der Waals surface area contributed by atoms with Crippen LogP contribution in [0.2, 0.25) is 0 Å². The van der Waals surface area contributed by atoms with E-state index in [1.807, 2.05) is 0 Å². The lowest BCUT2D eigenvalue weighted by molar-refractivity contribution is -0.144. The van der Waals surface area contributed by atoms with Gasteiger partial charge in [0.15, 0.2) is 0 Å². The van der Waals surface area contributed by atoms with E-state index in [4.69, 9.17) is 9.47 Å². The molecule has 0 atom stereocenters. The number of fused-ring (bicyclic) bond motifs is 2. The first kappa shape index (κ1) is 21.9. The average Bonchev–Trinajstić information content (AvgIpc) is 3.14. The Balaban J connectivity index is 1.26. The van der Waals surface area contributed by atoms with E-state index in [0.29, 0.717) is 35.3 Å². The fourth-order valence-corrected chi connectivity index (χ4v) is 4.48. The lowest BCUT2D eigenvalue weighted by Gasteiger charge is -2.40. The number of ether oxygens (including phenoxy) is 2. The van der Waals surface area contributed by atoms with Gasteiger partial charge in [-0.2, -0.15) is 0 Å². The van der Waals surface area contributed by atoms with E-state index in [2.05, 4.69) is 20.3 Å². The number of alkyl halides is 1. The number of pyridine rings is 1. The zero-order valence-electron chi connectivity index (χ0n) is 18.0. The molecule has 5 rings (SSSR count). The van der Waals surface area contributed by atoms with Crippen LogP contribution in [0.1, 0.15) is 41.6 Å². The summed E-state index contributed by atoms with van der Waals surface area (Å²) in [4.78, 5) is 37.5. The Hall–Kier alpha value is -3.92. The third-order valence-electron chi connectivity index (χ3n) is 6.39. The van der Waals surface area contributed by atoms with Crippen molar-refractivity contribution in [2.75, 3.05) is 12.2 Å². The van der Waals surface area contributed by atoms with Crippen molar-refractivity contribution >= 4 is 17.8 Å². The molecule has 2 N–H and O–H groups in total. The second kappa shape index (κ2) is 8.45. The summed E-state index contributed by atoms with van der Waals surface area (Å²) in [7, 11) is 0. The molecule has 3 aromatic rings. The SMILES string of the molecule is O=C1OC2(CCC(O)(C(=O)Nc3ncc(-c4cccc(OCF)c4)cn3)CC2)c2cnccc21. The number of nitrogens with one attached hydrogen (secondary N) is 1. The van der Waals surface area contributed by atoms with Gasteiger partial charge in [0.1, 0.15) is 17.0 Å². The highest BCUT2D eigenvalue weighted by atomic mass is 19.1. The molecule has 9 nitrogen and oxygen atoms in total. The highest BCUT2D eigenvalue weighted by molar-refractivity contribution is 5.97. The molecule has 0 radical (unpaired) electrons. The summed E-state index contributed by atoms with van der Waals surface area (Å²) >= 11 is 0. The van der Waals surface area contributed by atoms with Crippen molar-refractivity contribution in [1.29, 1.82) is 0 Å². The number of halogens is 1. The quantitative estimate of drug-likeness (QED) is 0.552. The van der Waals surface area contributed by atoms with Gasteiger partial charge >= 0.3 is 5.97 Å². The Kier molecular flexibility index (Phi) is 5.45. The highest BCUT2D eigenvalue weighted by Crippen LogP contribution is 2.49. The predicted molar refractivity (Wildman–Crippen MR) is 117 cm³/mol. The number of carbonyl (C=O) groups excluding carboxylic acids is 2. The third kappa shape index (κ3) is 3.86. The molecule has 1 aliphatic heterocycles. The molecule has 0 bridgehead atoms. The smallest absolute Gasteiger partial charge is 0.339 e. The number of nitrogens with zero attached hydrogens (tertiary/aromatic N) is 3.